The lowest BCUT2D eigenvalue weighted by Crippen LogP contribution is -1.79. The van der Waals surface area contributed by atoms with Gasteiger partial charge >= 0.3 is 0 Å². The molecule has 1 aromatic heterocycles. The minimum absolute atomic E-state index is 1.28. The van der Waals surface area contributed by atoms with Gasteiger partial charge in [0, 0.05) is 4.88 Å². The van der Waals surface area contributed by atoms with E-state index in [0.717, 1.165) is 0 Å². The predicted molar refractivity (Wildman–Crippen MR) is 52.3 cm³/mol. The van der Waals surface area contributed by atoms with Gasteiger partial charge in [-0.2, -0.15) is 0 Å². The quantitative estimate of drug-likeness (QED) is 0.600. The average molecular weight is 168 g/mol. The summed E-state index contributed by atoms with van der Waals surface area (Å²) in [7, 11) is 0. The molecule has 0 N–H and O–H groups in total. The Bertz CT molecular complexity index is 200. The van der Waals surface area contributed by atoms with Crippen LogP contribution < -0.4 is 0 Å². The second kappa shape index (κ2) is 4.55. The van der Waals surface area contributed by atoms with Crippen LogP contribution in [0, 0.1) is 6.92 Å². The minimum atomic E-state index is 1.28. The van der Waals surface area contributed by atoms with Crippen molar-refractivity contribution in [1.82, 2.24) is 0 Å². The van der Waals surface area contributed by atoms with E-state index in [1.165, 1.54) is 31.2 Å². The lowest BCUT2D eigenvalue weighted by molar-refractivity contribution is 0.722. The third-order valence-electron chi connectivity index (χ3n) is 1.81. The van der Waals surface area contributed by atoms with E-state index < -0.39 is 0 Å². The first-order chi connectivity index (χ1) is 5.33. The van der Waals surface area contributed by atoms with Gasteiger partial charge in [0.2, 0.25) is 0 Å². The fraction of sp³-hybridized carbons (Fsp3) is 0.600. The van der Waals surface area contributed by atoms with E-state index >= 15 is 0 Å². The molecule has 0 radical (unpaired) electrons. The van der Waals surface area contributed by atoms with E-state index in [4.69, 9.17) is 0 Å². The number of hydrogen-bond donors (Lipinski definition) is 0. The summed E-state index contributed by atoms with van der Waals surface area (Å²) in [5.74, 6) is 0. The molecule has 1 heteroatoms. The first kappa shape index (κ1) is 8.79. The van der Waals surface area contributed by atoms with Crippen LogP contribution in [0.15, 0.2) is 11.4 Å². The highest BCUT2D eigenvalue weighted by molar-refractivity contribution is 7.10. The van der Waals surface area contributed by atoms with Crippen molar-refractivity contribution < 1.29 is 0 Å². The molecule has 0 fully saturated rings. The summed E-state index contributed by atoms with van der Waals surface area (Å²) in [6.07, 6.45) is 5.34. The highest BCUT2D eigenvalue weighted by atomic mass is 32.1. The van der Waals surface area contributed by atoms with E-state index in [1.807, 2.05) is 11.3 Å². The largest absolute Gasteiger partial charge is 0.149 e. The molecule has 1 aromatic rings. The Hall–Kier alpha value is -0.300. The van der Waals surface area contributed by atoms with Gasteiger partial charge in [-0.1, -0.05) is 19.8 Å². The molecule has 0 aliphatic heterocycles. The monoisotopic (exact) mass is 168 g/mol. The fourth-order valence-corrected chi connectivity index (χ4v) is 2.09. The molecule has 1 heterocycles. The Morgan fingerprint density at radius 2 is 2.18 bits per heavy atom. The van der Waals surface area contributed by atoms with E-state index in [-0.39, 0.29) is 0 Å². The van der Waals surface area contributed by atoms with Gasteiger partial charge in [-0.25, -0.2) is 0 Å². The van der Waals surface area contributed by atoms with Crippen molar-refractivity contribution >= 4 is 11.3 Å². The molecule has 0 aliphatic carbocycles. The molecule has 0 aromatic carbocycles. The maximum absolute atomic E-state index is 2.31. The van der Waals surface area contributed by atoms with Crippen LogP contribution in [0.2, 0.25) is 0 Å². The summed E-state index contributed by atoms with van der Waals surface area (Å²) in [4.78, 5) is 1.55. The topological polar surface area (TPSA) is 0 Å². The predicted octanol–water partition coefficient (Wildman–Crippen LogP) is 3.79. The van der Waals surface area contributed by atoms with E-state index in [0.29, 0.717) is 0 Å². The molecular formula is C10H16S. The molecule has 1 rings (SSSR count). The molecule has 11 heavy (non-hydrogen) atoms. The van der Waals surface area contributed by atoms with Gasteiger partial charge in [0.1, 0.15) is 0 Å². The third-order valence-corrected chi connectivity index (χ3v) is 2.93. The lowest BCUT2D eigenvalue weighted by atomic mass is 10.2. The molecule has 0 nitrogen and oxygen atoms in total. The molecule has 0 atom stereocenters. The normalized spacial score (nSPS) is 10.4. The lowest BCUT2D eigenvalue weighted by Gasteiger charge is -1.93. The summed E-state index contributed by atoms with van der Waals surface area (Å²) in [5, 5.41) is 2.24. The minimum Gasteiger partial charge on any atom is -0.149 e. The molecule has 0 unspecified atom stereocenters. The Morgan fingerprint density at radius 1 is 1.36 bits per heavy atom. The van der Waals surface area contributed by atoms with Crippen LogP contribution in [0.5, 0.6) is 0 Å². The first-order valence-corrected chi connectivity index (χ1v) is 5.25. The Morgan fingerprint density at radius 3 is 2.73 bits per heavy atom. The molecule has 0 amide bonds. The Balaban J connectivity index is 2.27. The maximum Gasteiger partial charge on any atom is 0.00479 e. The summed E-state index contributed by atoms with van der Waals surface area (Å²) < 4.78 is 0. The SMILES string of the molecule is CCCCCc1cc(C)cs1. The van der Waals surface area contributed by atoms with E-state index in [2.05, 4.69) is 25.3 Å². The van der Waals surface area contributed by atoms with Crippen LogP contribution in [0.1, 0.15) is 36.6 Å². The zero-order chi connectivity index (χ0) is 8.10. The van der Waals surface area contributed by atoms with Crippen molar-refractivity contribution in [1.29, 1.82) is 0 Å². The summed E-state index contributed by atoms with van der Waals surface area (Å²) >= 11 is 1.90. The van der Waals surface area contributed by atoms with Crippen LogP contribution >= 0.6 is 11.3 Å². The third kappa shape index (κ3) is 3.06. The van der Waals surface area contributed by atoms with Crippen molar-refractivity contribution in [2.45, 2.75) is 39.5 Å². The van der Waals surface area contributed by atoms with Crippen molar-refractivity contribution in [3.05, 3.63) is 21.9 Å². The van der Waals surface area contributed by atoms with Gasteiger partial charge in [-0.15, -0.1) is 11.3 Å². The van der Waals surface area contributed by atoms with Crippen LogP contribution in [0.4, 0.5) is 0 Å². The number of unbranched alkanes of at least 4 members (excludes halogenated alkanes) is 2. The molecule has 0 spiro atoms. The highest BCUT2D eigenvalue weighted by Crippen LogP contribution is 2.16. The maximum atomic E-state index is 2.31. The van der Waals surface area contributed by atoms with Gasteiger partial charge in [0.15, 0.2) is 0 Å². The van der Waals surface area contributed by atoms with Gasteiger partial charge in [-0.05, 0) is 36.8 Å². The molecule has 0 saturated heterocycles. The molecule has 0 saturated carbocycles. The average Bonchev–Trinajstić information content (AvgIpc) is 2.37. The van der Waals surface area contributed by atoms with Crippen LogP contribution in [-0.4, -0.2) is 0 Å². The van der Waals surface area contributed by atoms with Gasteiger partial charge in [0.25, 0.3) is 0 Å². The zero-order valence-corrected chi connectivity index (χ0v) is 8.21. The van der Waals surface area contributed by atoms with Gasteiger partial charge in [0.05, 0.1) is 0 Å². The van der Waals surface area contributed by atoms with E-state index in [1.54, 1.807) is 4.88 Å². The van der Waals surface area contributed by atoms with Crippen molar-refractivity contribution in [3.63, 3.8) is 0 Å². The zero-order valence-electron chi connectivity index (χ0n) is 7.39. The number of thiophene rings is 1. The summed E-state index contributed by atoms with van der Waals surface area (Å²) in [5.41, 5.74) is 1.42. The summed E-state index contributed by atoms with van der Waals surface area (Å²) in [6.45, 7) is 4.42. The van der Waals surface area contributed by atoms with E-state index in [9.17, 15) is 0 Å². The number of aryl methyl sites for hydroxylation is 2. The van der Waals surface area contributed by atoms with Crippen molar-refractivity contribution in [2.24, 2.45) is 0 Å². The Kier molecular flexibility index (Phi) is 3.64. The smallest absolute Gasteiger partial charge is 0.00479 e. The van der Waals surface area contributed by atoms with Crippen LogP contribution in [-0.2, 0) is 6.42 Å². The fourth-order valence-electron chi connectivity index (χ4n) is 1.17. The first-order valence-electron chi connectivity index (χ1n) is 4.37. The standard InChI is InChI=1S/C10H16S/c1-3-4-5-6-10-7-9(2)8-11-10/h7-8H,3-6H2,1-2H3. The second-order valence-corrected chi connectivity index (χ2v) is 4.04. The molecular weight excluding hydrogens is 152 g/mol. The summed E-state index contributed by atoms with van der Waals surface area (Å²) in [6, 6.07) is 2.31. The van der Waals surface area contributed by atoms with Crippen molar-refractivity contribution in [3.8, 4) is 0 Å². The second-order valence-electron chi connectivity index (χ2n) is 3.05. The van der Waals surface area contributed by atoms with Crippen LogP contribution in [0.25, 0.3) is 0 Å². The van der Waals surface area contributed by atoms with Crippen LogP contribution in [0.3, 0.4) is 0 Å². The van der Waals surface area contributed by atoms with Gasteiger partial charge in [-0.3, -0.25) is 0 Å². The number of hydrogen-bond acceptors (Lipinski definition) is 1. The van der Waals surface area contributed by atoms with Gasteiger partial charge < -0.3 is 0 Å². The highest BCUT2D eigenvalue weighted by Gasteiger charge is 1.94. The number of rotatable bonds is 4. The van der Waals surface area contributed by atoms with Crippen molar-refractivity contribution in [2.75, 3.05) is 0 Å². The molecule has 0 aliphatic rings. The Labute approximate surface area is 73.3 Å². The molecule has 62 valence electrons. The molecule has 0 bridgehead atoms.